The molecule has 0 aromatic carbocycles. The molecule has 4 aliphatic rings. The summed E-state index contributed by atoms with van der Waals surface area (Å²) in [5, 5.41) is 0. The highest BCUT2D eigenvalue weighted by molar-refractivity contribution is 5.79. The second kappa shape index (κ2) is 6.70. The first kappa shape index (κ1) is 17.5. The third kappa shape index (κ3) is 2.68. The van der Waals surface area contributed by atoms with E-state index in [9.17, 15) is 9.59 Å². The Morgan fingerprint density at radius 1 is 1.04 bits per heavy atom. The van der Waals surface area contributed by atoms with Gasteiger partial charge in [0, 0.05) is 5.92 Å². The van der Waals surface area contributed by atoms with Crippen LogP contribution in [0.15, 0.2) is 0 Å². The fourth-order valence-corrected chi connectivity index (χ4v) is 8.12. The van der Waals surface area contributed by atoms with Crippen LogP contribution in [0, 0.1) is 40.9 Å². The summed E-state index contributed by atoms with van der Waals surface area (Å²) in [6, 6.07) is 0. The van der Waals surface area contributed by atoms with Crippen LogP contribution in [0.1, 0.15) is 78.1 Å². The normalized spacial score (nSPS) is 48.8. The van der Waals surface area contributed by atoms with Crippen molar-refractivity contribution in [3.05, 3.63) is 0 Å². The Balaban J connectivity index is 1.53. The standard InChI is InChI=1S/C22H34O3/c1-3-22-11-10-18-17-7-5-16(25-13-23)12-15(17)4-6-19(18)21(22)9-8-20(22)14(2)24/h13,15-21H,3-12H2,1-2H3/t15-,16+,17-,18+,19+,20+,21-,22+/m0/s1. The molecule has 0 aliphatic heterocycles. The lowest BCUT2D eigenvalue weighted by Crippen LogP contribution is -2.50. The van der Waals surface area contributed by atoms with Crippen molar-refractivity contribution in [2.24, 2.45) is 40.9 Å². The molecule has 140 valence electrons. The second-order valence-corrected chi connectivity index (χ2v) is 9.47. The molecule has 3 nitrogen and oxygen atoms in total. The van der Waals surface area contributed by atoms with Gasteiger partial charge in [0.05, 0.1) is 0 Å². The SMILES string of the molecule is CC[C@]12CC[C@H]3[C@@H](CC[C@H]4C[C@H](OC=O)CC[C@@H]43)[C@@H]1CC[C@@H]2C(C)=O. The molecule has 0 spiro atoms. The van der Waals surface area contributed by atoms with E-state index in [0.29, 0.717) is 23.6 Å². The van der Waals surface area contributed by atoms with E-state index < -0.39 is 0 Å². The third-order valence-electron chi connectivity index (χ3n) is 9.02. The lowest BCUT2D eigenvalue weighted by atomic mass is 9.48. The number of hydrogen-bond donors (Lipinski definition) is 0. The van der Waals surface area contributed by atoms with E-state index in [-0.39, 0.29) is 6.10 Å². The van der Waals surface area contributed by atoms with Gasteiger partial charge >= 0.3 is 0 Å². The fraction of sp³-hybridized carbons (Fsp3) is 0.909. The summed E-state index contributed by atoms with van der Waals surface area (Å²) in [6.07, 6.45) is 12.4. The smallest absolute Gasteiger partial charge is 0.293 e. The average Bonchev–Trinajstić information content (AvgIpc) is 3.02. The molecule has 0 saturated heterocycles. The Kier molecular flexibility index (Phi) is 4.70. The molecule has 4 fully saturated rings. The first-order chi connectivity index (χ1) is 12.1. The van der Waals surface area contributed by atoms with Crippen molar-refractivity contribution in [2.75, 3.05) is 0 Å². The number of rotatable bonds is 4. The minimum Gasteiger partial charge on any atom is -0.465 e. The van der Waals surface area contributed by atoms with Crippen LogP contribution in [0.5, 0.6) is 0 Å². The number of ether oxygens (including phenoxy) is 1. The van der Waals surface area contributed by atoms with E-state index in [0.717, 1.165) is 48.9 Å². The topological polar surface area (TPSA) is 43.4 Å². The maximum Gasteiger partial charge on any atom is 0.293 e. The molecule has 25 heavy (non-hydrogen) atoms. The van der Waals surface area contributed by atoms with E-state index in [2.05, 4.69) is 6.92 Å². The highest BCUT2D eigenvalue weighted by Crippen LogP contribution is 2.65. The van der Waals surface area contributed by atoms with Crippen LogP contribution in [-0.2, 0) is 14.3 Å². The molecular weight excluding hydrogens is 312 g/mol. The highest BCUT2D eigenvalue weighted by atomic mass is 16.5. The molecular formula is C22H34O3. The highest BCUT2D eigenvalue weighted by Gasteiger charge is 2.59. The summed E-state index contributed by atoms with van der Waals surface area (Å²) in [4.78, 5) is 23.0. The van der Waals surface area contributed by atoms with Crippen LogP contribution in [0.25, 0.3) is 0 Å². The van der Waals surface area contributed by atoms with Gasteiger partial charge in [-0.15, -0.1) is 0 Å². The third-order valence-corrected chi connectivity index (χ3v) is 9.02. The van der Waals surface area contributed by atoms with Gasteiger partial charge in [-0.2, -0.15) is 0 Å². The Labute approximate surface area is 152 Å². The molecule has 0 bridgehead atoms. The molecule has 0 amide bonds. The van der Waals surface area contributed by atoms with Gasteiger partial charge in [-0.25, -0.2) is 0 Å². The Bertz CT molecular complexity index is 529. The van der Waals surface area contributed by atoms with E-state index in [1.165, 1.54) is 44.9 Å². The van der Waals surface area contributed by atoms with E-state index in [4.69, 9.17) is 4.74 Å². The van der Waals surface area contributed by atoms with Crippen LogP contribution in [0.2, 0.25) is 0 Å². The van der Waals surface area contributed by atoms with Gasteiger partial charge in [-0.3, -0.25) is 9.59 Å². The molecule has 4 saturated carbocycles. The molecule has 0 unspecified atom stereocenters. The summed E-state index contributed by atoms with van der Waals surface area (Å²) in [7, 11) is 0. The summed E-state index contributed by atoms with van der Waals surface area (Å²) < 4.78 is 5.29. The van der Waals surface area contributed by atoms with Gasteiger partial charge in [-0.05, 0) is 106 Å². The molecule has 4 aliphatic carbocycles. The number of hydrogen-bond acceptors (Lipinski definition) is 3. The van der Waals surface area contributed by atoms with Crippen molar-refractivity contribution in [3.63, 3.8) is 0 Å². The van der Waals surface area contributed by atoms with Crippen LogP contribution in [0.4, 0.5) is 0 Å². The fourth-order valence-electron chi connectivity index (χ4n) is 8.12. The van der Waals surface area contributed by atoms with E-state index >= 15 is 0 Å². The van der Waals surface area contributed by atoms with Crippen molar-refractivity contribution >= 4 is 12.3 Å². The monoisotopic (exact) mass is 346 g/mol. The minimum absolute atomic E-state index is 0.169. The Morgan fingerprint density at radius 3 is 2.56 bits per heavy atom. The van der Waals surface area contributed by atoms with Crippen molar-refractivity contribution in [3.8, 4) is 0 Å². The largest absolute Gasteiger partial charge is 0.465 e. The van der Waals surface area contributed by atoms with Gasteiger partial charge < -0.3 is 4.74 Å². The number of Topliss-reactive ketones (excluding diaryl/α,β-unsaturated/α-hetero) is 1. The number of carbonyl (C=O) groups is 2. The molecule has 0 aromatic rings. The summed E-state index contributed by atoms with van der Waals surface area (Å²) in [6.45, 7) is 4.82. The zero-order valence-corrected chi connectivity index (χ0v) is 15.9. The summed E-state index contributed by atoms with van der Waals surface area (Å²) >= 11 is 0. The zero-order valence-electron chi connectivity index (χ0n) is 15.9. The average molecular weight is 347 g/mol. The number of fused-ring (bicyclic) bond motifs is 5. The number of carbonyl (C=O) groups excluding carboxylic acids is 2. The lowest BCUT2D eigenvalue weighted by Gasteiger charge is -2.56. The predicted molar refractivity (Wildman–Crippen MR) is 96.8 cm³/mol. The van der Waals surface area contributed by atoms with Gasteiger partial charge in [-0.1, -0.05) is 6.92 Å². The van der Waals surface area contributed by atoms with Crippen molar-refractivity contribution in [1.29, 1.82) is 0 Å². The predicted octanol–water partition coefficient (Wildman–Crippen LogP) is 4.78. The number of ketones is 1. The Hall–Kier alpha value is -0.860. The molecule has 0 radical (unpaired) electrons. The quantitative estimate of drug-likeness (QED) is 0.688. The second-order valence-electron chi connectivity index (χ2n) is 9.47. The Morgan fingerprint density at radius 2 is 1.84 bits per heavy atom. The first-order valence-electron chi connectivity index (χ1n) is 10.7. The molecule has 0 N–H and O–H groups in total. The van der Waals surface area contributed by atoms with Crippen LogP contribution < -0.4 is 0 Å². The summed E-state index contributed by atoms with van der Waals surface area (Å²) in [5.74, 6) is 4.89. The van der Waals surface area contributed by atoms with Gasteiger partial charge in [0.1, 0.15) is 11.9 Å². The first-order valence-corrected chi connectivity index (χ1v) is 10.7. The van der Waals surface area contributed by atoms with Crippen LogP contribution in [-0.4, -0.2) is 18.4 Å². The van der Waals surface area contributed by atoms with Crippen molar-refractivity contribution in [2.45, 2.75) is 84.2 Å². The molecule has 4 rings (SSSR count). The van der Waals surface area contributed by atoms with Gasteiger partial charge in [0.15, 0.2) is 0 Å². The van der Waals surface area contributed by atoms with Gasteiger partial charge in [0.2, 0.25) is 0 Å². The van der Waals surface area contributed by atoms with E-state index in [1.807, 2.05) is 6.92 Å². The molecule has 0 heterocycles. The molecule has 0 aromatic heterocycles. The molecule has 8 atom stereocenters. The molecule has 3 heteroatoms. The summed E-state index contributed by atoms with van der Waals surface area (Å²) in [5.41, 5.74) is 0.317. The van der Waals surface area contributed by atoms with Crippen LogP contribution >= 0.6 is 0 Å². The van der Waals surface area contributed by atoms with E-state index in [1.54, 1.807) is 0 Å². The van der Waals surface area contributed by atoms with Crippen molar-refractivity contribution < 1.29 is 14.3 Å². The maximum atomic E-state index is 12.3. The lowest BCUT2D eigenvalue weighted by molar-refractivity contribution is -0.141. The zero-order chi connectivity index (χ0) is 17.6. The minimum atomic E-state index is 0.169. The van der Waals surface area contributed by atoms with Crippen LogP contribution in [0.3, 0.4) is 0 Å². The van der Waals surface area contributed by atoms with Gasteiger partial charge in [0.25, 0.3) is 6.47 Å². The van der Waals surface area contributed by atoms with Crippen molar-refractivity contribution in [1.82, 2.24) is 0 Å². The maximum absolute atomic E-state index is 12.3.